The highest BCUT2D eigenvalue weighted by Gasteiger charge is 2.22. The zero-order valence-electron chi connectivity index (χ0n) is 22.3. The molecule has 0 aliphatic carbocycles. The van der Waals surface area contributed by atoms with Gasteiger partial charge in [-0.3, -0.25) is 4.90 Å². The van der Waals surface area contributed by atoms with Crippen LogP contribution < -0.4 is 19.7 Å². The molecule has 0 saturated carbocycles. The fraction of sp³-hybridized carbons (Fsp3) is 0.500. The molecule has 36 heavy (non-hydrogen) atoms. The summed E-state index contributed by atoms with van der Waals surface area (Å²) < 4.78 is 11.1. The molecule has 0 bridgehead atoms. The Morgan fingerprint density at radius 3 is 2.31 bits per heavy atom. The molecule has 2 heterocycles. The van der Waals surface area contributed by atoms with Gasteiger partial charge in [-0.05, 0) is 51.5 Å². The first-order chi connectivity index (χ1) is 17.5. The standard InChI is InChI=1S/C28H40N6O2/c1-32(2)14-9-15-33(3)28-30-24-19-26(36-5)25(35-4)18-23(24)27(31-28)29-22-12-16-34(17-13-22)20-21-10-7-6-8-11-21/h6-8,10-11,18-19,22H,9,12-17,20H2,1-5H3,(H,29,30,31). The van der Waals surface area contributed by atoms with Gasteiger partial charge in [0.1, 0.15) is 5.82 Å². The first-order valence-electron chi connectivity index (χ1n) is 12.8. The first-order valence-corrected chi connectivity index (χ1v) is 12.8. The Bertz CT molecular complexity index is 1120. The van der Waals surface area contributed by atoms with Crippen LogP contribution in [0.2, 0.25) is 0 Å². The van der Waals surface area contributed by atoms with Crippen molar-refractivity contribution in [2.75, 3.05) is 71.8 Å². The fourth-order valence-corrected chi connectivity index (χ4v) is 4.72. The number of hydrogen-bond acceptors (Lipinski definition) is 8. The molecule has 4 rings (SSSR count). The maximum Gasteiger partial charge on any atom is 0.227 e. The summed E-state index contributed by atoms with van der Waals surface area (Å²) in [7, 11) is 9.57. The van der Waals surface area contributed by atoms with Gasteiger partial charge < -0.3 is 24.6 Å². The normalized spacial score (nSPS) is 14.8. The van der Waals surface area contributed by atoms with E-state index in [0.717, 1.165) is 74.7 Å². The third-order valence-electron chi connectivity index (χ3n) is 6.81. The number of methoxy groups -OCH3 is 2. The van der Waals surface area contributed by atoms with Crippen LogP contribution in [0.25, 0.3) is 10.9 Å². The van der Waals surface area contributed by atoms with E-state index in [2.05, 4.69) is 71.5 Å². The summed E-state index contributed by atoms with van der Waals surface area (Å²) in [5.74, 6) is 2.93. The summed E-state index contributed by atoms with van der Waals surface area (Å²) in [6, 6.07) is 15.0. The second-order valence-electron chi connectivity index (χ2n) is 9.86. The summed E-state index contributed by atoms with van der Waals surface area (Å²) >= 11 is 0. The number of piperidine rings is 1. The number of ether oxygens (including phenoxy) is 2. The molecule has 1 aliphatic rings. The van der Waals surface area contributed by atoms with Crippen LogP contribution in [0.15, 0.2) is 42.5 Å². The highest BCUT2D eigenvalue weighted by molar-refractivity contribution is 5.93. The van der Waals surface area contributed by atoms with Crippen molar-refractivity contribution < 1.29 is 9.47 Å². The third kappa shape index (κ3) is 6.56. The SMILES string of the molecule is COc1cc2nc(N(C)CCCN(C)C)nc(NC3CCN(Cc4ccccc4)CC3)c2cc1OC. The van der Waals surface area contributed by atoms with Crippen LogP contribution in [0, 0.1) is 0 Å². The minimum Gasteiger partial charge on any atom is -0.493 e. The topological polar surface area (TPSA) is 66.0 Å². The molecule has 1 aromatic heterocycles. The summed E-state index contributed by atoms with van der Waals surface area (Å²) in [6.45, 7) is 5.03. The Morgan fingerprint density at radius 1 is 0.944 bits per heavy atom. The number of nitrogens with one attached hydrogen (secondary N) is 1. The molecule has 0 spiro atoms. The van der Waals surface area contributed by atoms with Crippen molar-refractivity contribution in [1.29, 1.82) is 0 Å². The molecule has 0 radical (unpaired) electrons. The van der Waals surface area contributed by atoms with Gasteiger partial charge in [-0.25, -0.2) is 4.98 Å². The van der Waals surface area contributed by atoms with Crippen LogP contribution >= 0.6 is 0 Å². The van der Waals surface area contributed by atoms with E-state index < -0.39 is 0 Å². The minimum atomic E-state index is 0.357. The van der Waals surface area contributed by atoms with Crippen molar-refractivity contribution in [1.82, 2.24) is 19.8 Å². The van der Waals surface area contributed by atoms with Crippen molar-refractivity contribution in [3.8, 4) is 11.5 Å². The minimum absolute atomic E-state index is 0.357. The molecule has 8 heteroatoms. The molecule has 1 N–H and O–H groups in total. The summed E-state index contributed by atoms with van der Waals surface area (Å²) in [6.07, 6.45) is 3.18. The Balaban J connectivity index is 1.53. The van der Waals surface area contributed by atoms with Crippen LogP contribution in [0.3, 0.4) is 0 Å². The van der Waals surface area contributed by atoms with Gasteiger partial charge in [0, 0.05) is 50.7 Å². The molecular weight excluding hydrogens is 452 g/mol. The molecule has 0 atom stereocenters. The van der Waals surface area contributed by atoms with Crippen molar-refractivity contribution in [2.24, 2.45) is 0 Å². The average Bonchev–Trinajstić information content (AvgIpc) is 2.89. The molecule has 1 fully saturated rings. The quantitative estimate of drug-likeness (QED) is 0.429. The highest BCUT2D eigenvalue weighted by atomic mass is 16.5. The van der Waals surface area contributed by atoms with E-state index in [9.17, 15) is 0 Å². The van der Waals surface area contributed by atoms with Crippen LogP contribution in [-0.4, -0.2) is 87.4 Å². The fourth-order valence-electron chi connectivity index (χ4n) is 4.72. The number of nitrogens with zero attached hydrogens (tertiary/aromatic N) is 5. The van der Waals surface area contributed by atoms with Gasteiger partial charge in [0.25, 0.3) is 0 Å². The van der Waals surface area contributed by atoms with Crippen molar-refractivity contribution in [2.45, 2.75) is 31.8 Å². The van der Waals surface area contributed by atoms with Gasteiger partial charge in [0.2, 0.25) is 5.95 Å². The van der Waals surface area contributed by atoms with Gasteiger partial charge in [-0.15, -0.1) is 0 Å². The molecular formula is C28H40N6O2. The number of benzene rings is 2. The van der Waals surface area contributed by atoms with Gasteiger partial charge in [0.05, 0.1) is 19.7 Å². The maximum atomic E-state index is 5.58. The molecule has 1 aliphatic heterocycles. The zero-order chi connectivity index (χ0) is 25.5. The van der Waals surface area contributed by atoms with Gasteiger partial charge in [-0.1, -0.05) is 30.3 Å². The predicted molar refractivity (Wildman–Crippen MR) is 147 cm³/mol. The van der Waals surface area contributed by atoms with Crippen LogP contribution in [0.1, 0.15) is 24.8 Å². The number of likely N-dealkylation sites (tertiary alicyclic amines) is 1. The average molecular weight is 493 g/mol. The van der Waals surface area contributed by atoms with E-state index in [4.69, 9.17) is 19.4 Å². The number of rotatable bonds is 11. The van der Waals surface area contributed by atoms with E-state index >= 15 is 0 Å². The largest absolute Gasteiger partial charge is 0.493 e. The molecule has 0 amide bonds. The Morgan fingerprint density at radius 2 is 1.64 bits per heavy atom. The van der Waals surface area contributed by atoms with Gasteiger partial charge in [0.15, 0.2) is 11.5 Å². The summed E-state index contributed by atoms with van der Waals surface area (Å²) in [4.78, 5) is 16.7. The zero-order valence-corrected chi connectivity index (χ0v) is 22.3. The lowest BCUT2D eigenvalue weighted by atomic mass is 10.0. The molecule has 1 saturated heterocycles. The lowest BCUT2D eigenvalue weighted by Gasteiger charge is -2.33. The van der Waals surface area contributed by atoms with Gasteiger partial charge in [-0.2, -0.15) is 4.98 Å². The van der Waals surface area contributed by atoms with Crippen LogP contribution in [0.5, 0.6) is 11.5 Å². The molecule has 0 unspecified atom stereocenters. The second-order valence-corrected chi connectivity index (χ2v) is 9.86. The second kappa shape index (κ2) is 12.2. The van der Waals surface area contributed by atoms with E-state index in [1.165, 1.54) is 5.56 Å². The Hall–Kier alpha value is -3.10. The Kier molecular flexibility index (Phi) is 8.83. The van der Waals surface area contributed by atoms with Crippen molar-refractivity contribution in [3.63, 3.8) is 0 Å². The summed E-state index contributed by atoms with van der Waals surface area (Å²) in [5.41, 5.74) is 2.22. The van der Waals surface area contributed by atoms with Crippen LogP contribution in [-0.2, 0) is 6.54 Å². The summed E-state index contributed by atoms with van der Waals surface area (Å²) in [5, 5.41) is 4.71. The molecule has 8 nitrogen and oxygen atoms in total. The van der Waals surface area contributed by atoms with Gasteiger partial charge >= 0.3 is 0 Å². The van der Waals surface area contributed by atoms with E-state index in [1.807, 2.05) is 12.1 Å². The number of hydrogen-bond donors (Lipinski definition) is 1. The number of fused-ring (bicyclic) bond motifs is 1. The Labute approximate surface area is 215 Å². The predicted octanol–water partition coefficient (Wildman–Crippen LogP) is 4.11. The van der Waals surface area contributed by atoms with E-state index in [1.54, 1.807) is 14.2 Å². The first kappa shape index (κ1) is 26.0. The van der Waals surface area contributed by atoms with E-state index in [-0.39, 0.29) is 0 Å². The number of anilines is 2. The lowest BCUT2D eigenvalue weighted by Crippen LogP contribution is -2.39. The monoisotopic (exact) mass is 492 g/mol. The highest BCUT2D eigenvalue weighted by Crippen LogP contribution is 2.35. The van der Waals surface area contributed by atoms with Crippen molar-refractivity contribution in [3.05, 3.63) is 48.0 Å². The van der Waals surface area contributed by atoms with Crippen molar-refractivity contribution >= 4 is 22.7 Å². The van der Waals surface area contributed by atoms with Crippen LogP contribution in [0.4, 0.5) is 11.8 Å². The molecule has 194 valence electrons. The maximum absolute atomic E-state index is 5.58. The molecule has 2 aromatic carbocycles. The number of aromatic nitrogens is 2. The lowest BCUT2D eigenvalue weighted by molar-refractivity contribution is 0.211. The smallest absolute Gasteiger partial charge is 0.227 e. The van der Waals surface area contributed by atoms with E-state index in [0.29, 0.717) is 17.5 Å². The molecule has 3 aromatic rings. The third-order valence-corrected chi connectivity index (χ3v) is 6.81.